The van der Waals surface area contributed by atoms with Crippen molar-refractivity contribution in [3.63, 3.8) is 0 Å². The first kappa shape index (κ1) is 19.4. The fourth-order valence-electron chi connectivity index (χ4n) is 3.05. The maximum atomic E-state index is 13.1. The average Bonchev–Trinajstić information content (AvgIpc) is 2.97. The van der Waals surface area contributed by atoms with Crippen LogP contribution in [0.2, 0.25) is 0 Å². The van der Waals surface area contributed by atoms with Crippen molar-refractivity contribution >= 4 is 29.2 Å². The number of esters is 1. The fourth-order valence-corrected chi connectivity index (χ4v) is 3.05. The second-order valence-electron chi connectivity index (χ2n) is 6.37. The van der Waals surface area contributed by atoms with Crippen LogP contribution in [0.4, 0.5) is 11.4 Å². The lowest BCUT2D eigenvalue weighted by Crippen LogP contribution is -2.41. The summed E-state index contributed by atoms with van der Waals surface area (Å²) in [7, 11) is 0. The molecule has 0 saturated carbocycles. The van der Waals surface area contributed by atoms with Gasteiger partial charge in [-0.2, -0.15) is 0 Å². The number of hydrogen-bond donors (Lipinski definition) is 0. The van der Waals surface area contributed by atoms with Crippen molar-refractivity contribution in [3.8, 4) is 0 Å². The summed E-state index contributed by atoms with van der Waals surface area (Å²) in [5.74, 6) is -1.99. The highest BCUT2D eigenvalue weighted by molar-refractivity contribution is 6.23. The second kappa shape index (κ2) is 8.52. The van der Waals surface area contributed by atoms with Crippen LogP contribution in [0.25, 0.3) is 0 Å². The van der Waals surface area contributed by atoms with Gasteiger partial charge in [0.1, 0.15) is 5.92 Å². The number of nitrogens with zero attached hydrogens (tertiary/aromatic N) is 2. The van der Waals surface area contributed by atoms with Gasteiger partial charge in [-0.05, 0) is 44.5 Å². The Morgan fingerprint density at radius 3 is 1.82 bits per heavy atom. The minimum atomic E-state index is -0.898. The molecule has 6 nitrogen and oxygen atoms in total. The first-order chi connectivity index (χ1) is 13.5. The topological polar surface area (TPSA) is 66.9 Å². The van der Waals surface area contributed by atoms with Gasteiger partial charge in [-0.3, -0.25) is 9.59 Å². The summed E-state index contributed by atoms with van der Waals surface area (Å²) >= 11 is 0. The highest BCUT2D eigenvalue weighted by atomic mass is 16.5. The fraction of sp³-hybridized carbons (Fsp3) is 0.227. The van der Waals surface area contributed by atoms with Crippen LogP contribution < -0.4 is 10.0 Å². The van der Waals surface area contributed by atoms with Crippen LogP contribution in [0.1, 0.15) is 20.3 Å². The predicted molar refractivity (Wildman–Crippen MR) is 106 cm³/mol. The van der Waals surface area contributed by atoms with Gasteiger partial charge in [0.25, 0.3) is 11.8 Å². The van der Waals surface area contributed by atoms with E-state index in [0.29, 0.717) is 16.9 Å². The summed E-state index contributed by atoms with van der Waals surface area (Å²) < 4.78 is 4.96. The van der Waals surface area contributed by atoms with Crippen molar-refractivity contribution in [2.24, 2.45) is 5.92 Å². The average molecular weight is 378 g/mol. The standard InChI is InChI=1S/C22H22N2O4/c1-3-28-22(27)16(2)14-15-19-20(25)23(17-10-6-4-7-11-17)24(21(19)26)18-12-8-5-9-13-18/h4-14,19H,3,15H2,1-2H3. The number of para-hydroxylation sites is 2. The van der Waals surface area contributed by atoms with Gasteiger partial charge in [0.05, 0.1) is 18.0 Å². The smallest absolute Gasteiger partial charge is 0.333 e. The molecule has 2 aromatic carbocycles. The summed E-state index contributed by atoms with van der Waals surface area (Å²) in [6.07, 6.45) is 1.73. The molecule has 2 aromatic rings. The molecule has 1 fully saturated rings. The maximum absolute atomic E-state index is 13.1. The van der Waals surface area contributed by atoms with Crippen LogP contribution in [0, 0.1) is 5.92 Å². The largest absolute Gasteiger partial charge is 0.463 e. The lowest BCUT2D eigenvalue weighted by molar-refractivity contribution is -0.138. The van der Waals surface area contributed by atoms with Gasteiger partial charge < -0.3 is 4.74 Å². The summed E-state index contributed by atoms with van der Waals surface area (Å²) in [4.78, 5) is 38.1. The number of amides is 2. The van der Waals surface area contributed by atoms with Gasteiger partial charge in [-0.25, -0.2) is 14.8 Å². The number of carbonyl (C=O) groups is 3. The zero-order valence-corrected chi connectivity index (χ0v) is 15.9. The molecule has 0 spiro atoms. The van der Waals surface area contributed by atoms with Crippen molar-refractivity contribution < 1.29 is 19.1 Å². The van der Waals surface area contributed by atoms with Crippen molar-refractivity contribution in [2.45, 2.75) is 20.3 Å². The number of anilines is 2. The summed E-state index contributed by atoms with van der Waals surface area (Å²) in [6, 6.07) is 18.1. The van der Waals surface area contributed by atoms with Crippen molar-refractivity contribution in [2.75, 3.05) is 16.6 Å². The number of carbonyl (C=O) groups excluding carboxylic acids is 3. The third-order valence-electron chi connectivity index (χ3n) is 4.47. The molecule has 28 heavy (non-hydrogen) atoms. The van der Waals surface area contributed by atoms with E-state index in [4.69, 9.17) is 4.74 Å². The number of hydrazine groups is 1. The Morgan fingerprint density at radius 2 is 1.39 bits per heavy atom. The van der Waals surface area contributed by atoms with Gasteiger partial charge in [0.15, 0.2) is 0 Å². The predicted octanol–water partition coefficient (Wildman–Crippen LogP) is 3.50. The Hall–Kier alpha value is -3.41. The Morgan fingerprint density at radius 1 is 0.929 bits per heavy atom. The molecular weight excluding hydrogens is 356 g/mol. The monoisotopic (exact) mass is 378 g/mol. The van der Waals surface area contributed by atoms with E-state index in [1.807, 2.05) is 36.4 Å². The lowest BCUT2D eigenvalue weighted by atomic mass is 10.0. The molecule has 0 atom stereocenters. The van der Waals surface area contributed by atoms with Crippen LogP contribution in [0.5, 0.6) is 0 Å². The summed E-state index contributed by atoms with van der Waals surface area (Å²) in [6.45, 7) is 3.62. The molecule has 0 unspecified atom stereocenters. The molecule has 6 heteroatoms. The third kappa shape index (κ3) is 3.81. The minimum absolute atomic E-state index is 0.134. The molecule has 1 aliphatic heterocycles. The molecule has 0 bridgehead atoms. The Kier molecular flexibility index (Phi) is 5.89. The van der Waals surface area contributed by atoms with Gasteiger partial charge in [-0.15, -0.1) is 0 Å². The van der Waals surface area contributed by atoms with E-state index in [9.17, 15) is 14.4 Å². The van der Waals surface area contributed by atoms with Gasteiger partial charge >= 0.3 is 5.97 Å². The van der Waals surface area contributed by atoms with E-state index < -0.39 is 11.9 Å². The Labute approximate surface area is 164 Å². The third-order valence-corrected chi connectivity index (χ3v) is 4.47. The highest BCUT2D eigenvalue weighted by Crippen LogP contribution is 2.33. The zero-order chi connectivity index (χ0) is 20.1. The van der Waals surface area contributed by atoms with Crippen LogP contribution in [-0.4, -0.2) is 24.4 Å². The van der Waals surface area contributed by atoms with Crippen LogP contribution in [0.3, 0.4) is 0 Å². The molecule has 1 aliphatic rings. The molecule has 0 aromatic heterocycles. The Bertz CT molecular complexity index is 836. The minimum Gasteiger partial charge on any atom is -0.463 e. The van der Waals surface area contributed by atoms with Crippen molar-refractivity contribution in [1.29, 1.82) is 0 Å². The zero-order valence-electron chi connectivity index (χ0n) is 15.9. The van der Waals surface area contributed by atoms with E-state index in [1.54, 1.807) is 44.2 Å². The molecule has 0 N–H and O–H groups in total. The van der Waals surface area contributed by atoms with Crippen molar-refractivity contribution in [3.05, 3.63) is 72.3 Å². The molecule has 0 aliphatic carbocycles. The summed E-state index contributed by atoms with van der Waals surface area (Å²) in [5, 5.41) is 2.80. The SMILES string of the molecule is CCOC(=O)C(C)=CCC1C(=O)N(c2ccccc2)N(c2ccccc2)C1=O. The number of rotatable bonds is 6. The second-order valence-corrected chi connectivity index (χ2v) is 6.37. The van der Waals surface area contributed by atoms with E-state index >= 15 is 0 Å². The van der Waals surface area contributed by atoms with Gasteiger partial charge in [0.2, 0.25) is 0 Å². The number of hydrogen-bond acceptors (Lipinski definition) is 4. The quantitative estimate of drug-likeness (QED) is 0.438. The highest BCUT2D eigenvalue weighted by Gasteiger charge is 2.46. The molecule has 1 heterocycles. The molecule has 0 radical (unpaired) electrons. The molecule has 3 rings (SSSR count). The van der Waals surface area contributed by atoms with Crippen molar-refractivity contribution in [1.82, 2.24) is 0 Å². The van der Waals surface area contributed by atoms with E-state index in [0.717, 1.165) is 0 Å². The normalized spacial score (nSPS) is 15.3. The van der Waals surface area contributed by atoms with Crippen LogP contribution in [-0.2, 0) is 19.1 Å². The summed E-state index contributed by atoms with van der Waals surface area (Å²) in [5.41, 5.74) is 1.60. The molecule has 144 valence electrons. The molecular formula is C22H22N2O4. The van der Waals surface area contributed by atoms with E-state index in [2.05, 4.69) is 0 Å². The number of allylic oxidation sites excluding steroid dienone is 1. The Balaban J connectivity index is 1.93. The molecule has 1 saturated heterocycles. The van der Waals surface area contributed by atoms with Crippen LogP contribution in [0.15, 0.2) is 72.3 Å². The molecule has 2 amide bonds. The van der Waals surface area contributed by atoms with Crippen LogP contribution >= 0.6 is 0 Å². The number of benzene rings is 2. The lowest BCUT2D eigenvalue weighted by Gasteiger charge is -2.27. The first-order valence-electron chi connectivity index (χ1n) is 9.16. The first-order valence-corrected chi connectivity index (χ1v) is 9.16. The van der Waals surface area contributed by atoms with Gasteiger partial charge in [-0.1, -0.05) is 42.5 Å². The van der Waals surface area contributed by atoms with E-state index in [-0.39, 0.29) is 24.8 Å². The van der Waals surface area contributed by atoms with E-state index in [1.165, 1.54) is 10.0 Å². The maximum Gasteiger partial charge on any atom is 0.333 e. The number of ether oxygens (including phenoxy) is 1. The van der Waals surface area contributed by atoms with Gasteiger partial charge in [0, 0.05) is 5.57 Å².